The van der Waals surface area contributed by atoms with Crippen molar-refractivity contribution in [1.29, 1.82) is 0 Å². The third kappa shape index (κ3) is 1.12. The molecule has 0 aromatic carbocycles. The van der Waals surface area contributed by atoms with Crippen LogP contribution in [0.1, 0.15) is 0 Å². The Balaban J connectivity index is 2.41. The van der Waals surface area contributed by atoms with Crippen molar-refractivity contribution in [3.05, 3.63) is 35.6 Å². The summed E-state index contributed by atoms with van der Waals surface area (Å²) in [6.07, 6.45) is 7.50. The standard InChI is InChI=1S/C10H12O3/c1-11-10(12-2)5-3-4-8-6-13-7-9(8)10/h3-5,7H,6H2,1-2H3. The molecule has 0 spiro atoms. The van der Waals surface area contributed by atoms with Gasteiger partial charge in [-0.25, -0.2) is 0 Å². The van der Waals surface area contributed by atoms with E-state index >= 15 is 0 Å². The summed E-state index contributed by atoms with van der Waals surface area (Å²) in [6.45, 7) is 0.605. The predicted molar refractivity (Wildman–Crippen MR) is 48.0 cm³/mol. The van der Waals surface area contributed by atoms with Gasteiger partial charge < -0.3 is 14.2 Å². The zero-order chi connectivity index (χ0) is 9.31. The number of allylic oxidation sites excluding steroid dienone is 2. The SMILES string of the molecule is COC1(OC)C=CC=C2COC=C21. The number of hydrogen-bond donors (Lipinski definition) is 0. The fraction of sp³-hybridized carbons (Fsp3) is 0.400. The lowest BCUT2D eigenvalue weighted by atomic mass is 9.95. The molecular weight excluding hydrogens is 168 g/mol. The van der Waals surface area contributed by atoms with Crippen molar-refractivity contribution in [3.63, 3.8) is 0 Å². The fourth-order valence-electron chi connectivity index (χ4n) is 1.63. The van der Waals surface area contributed by atoms with Crippen molar-refractivity contribution in [2.45, 2.75) is 5.79 Å². The Morgan fingerprint density at radius 2 is 2.15 bits per heavy atom. The zero-order valence-electron chi connectivity index (χ0n) is 7.74. The Morgan fingerprint density at radius 1 is 1.38 bits per heavy atom. The van der Waals surface area contributed by atoms with Crippen molar-refractivity contribution in [2.24, 2.45) is 0 Å². The maximum atomic E-state index is 5.34. The molecule has 0 aromatic heterocycles. The quantitative estimate of drug-likeness (QED) is 0.601. The molecule has 0 N–H and O–H groups in total. The summed E-state index contributed by atoms with van der Waals surface area (Å²) in [5.74, 6) is -0.749. The highest BCUT2D eigenvalue weighted by molar-refractivity contribution is 5.47. The van der Waals surface area contributed by atoms with Crippen LogP contribution in [0.5, 0.6) is 0 Å². The highest BCUT2D eigenvalue weighted by atomic mass is 16.7. The highest BCUT2D eigenvalue weighted by Crippen LogP contribution is 2.36. The Bertz CT molecular complexity index is 295. The molecule has 0 bridgehead atoms. The molecule has 2 aliphatic rings. The van der Waals surface area contributed by atoms with Gasteiger partial charge in [0.25, 0.3) is 0 Å². The van der Waals surface area contributed by atoms with Gasteiger partial charge in [-0.3, -0.25) is 0 Å². The predicted octanol–water partition coefficient (Wildman–Crippen LogP) is 1.39. The highest BCUT2D eigenvalue weighted by Gasteiger charge is 2.38. The maximum Gasteiger partial charge on any atom is 0.218 e. The van der Waals surface area contributed by atoms with E-state index in [1.807, 2.05) is 18.2 Å². The van der Waals surface area contributed by atoms with E-state index in [-0.39, 0.29) is 0 Å². The van der Waals surface area contributed by atoms with E-state index in [2.05, 4.69) is 0 Å². The molecule has 1 heterocycles. The summed E-state index contributed by atoms with van der Waals surface area (Å²) in [7, 11) is 3.24. The second-order valence-electron chi connectivity index (χ2n) is 2.97. The first-order chi connectivity index (χ1) is 6.32. The Hall–Kier alpha value is -1.06. The van der Waals surface area contributed by atoms with E-state index in [0.29, 0.717) is 6.61 Å². The van der Waals surface area contributed by atoms with E-state index < -0.39 is 5.79 Å². The summed E-state index contributed by atoms with van der Waals surface area (Å²) >= 11 is 0. The molecule has 0 radical (unpaired) electrons. The molecular formula is C10H12O3. The summed E-state index contributed by atoms with van der Waals surface area (Å²) in [5.41, 5.74) is 2.08. The summed E-state index contributed by atoms with van der Waals surface area (Å²) in [6, 6.07) is 0. The molecule has 1 aliphatic heterocycles. The molecule has 3 heteroatoms. The van der Waals surface area contributed by atoms with Crippen LogP contribution in [0.4, 0.5) is 0 Å². The molecule has 3 nitrogen and oxygen atoms in total. The molecule has 0 atom stereocenters. The minimum absolute atomic E-state index is 0.605. The fourth-order valence-corrected chi connectivity index (χ4v) is 1.63. The Kier molecular flexibility index (Phi) is 1.98. The molecule has 0 saturated carbocycles. The van der Waals surface area contributed by atoms with E-state index in [9.17, 15) is 0 Å². The van der Waals surface area contributed by atoms with Gasteiger partial charge >= 0.3 is 0 Å². The molecule has 0 unspecified atom stereocenters. The van der Waals surface area contributed by atoms with Crippen LogP contribution in [-0.2, 0) is 14.2 Å². The van der Waals surface area contributed by atoms with Crippen LogP contribution in [0.2, 0.25) is 0 Å². The molecule has 1 aliphatic carbocycles. The van der Waals surface area contributed by atoms with Gasteiger partial charge in [0.15, 0.2) is 0 Å². The van der Waals surface area contributed by atoms with Gasteiger partial charge in [0.05, 0.1) is 11.8 Å². The molecule has 13 heavy (non-hydrogen) atoms. The number of fused-ring (bicyclic) bond motifs is 1. The van der Waals surface area contributed by atoms with Gasteiger partial charge in [-0.2, -0.15) is 0 Å². The first-order valence-electron chi connectivity index (χ1n) is 4.14. The van der Waals surface area contributed by atoms with E-state index in [0.717, 1.165) is 11.1 Å². The second-order valence-corrected chi connectivity index (χ2v) is 2.97. The van der Waals surface area contributed by atoms with Gasteiger partial charge in [0.2, 0.25) is 5.79 Å². The average molecular weight is 180 g/mol. The third-order valence-electron chi connectivity index (χ3n) is 2.38. The van der Waals surface area contributed by atoms with Crippen LogP contribution in [0.25, 0.3) is 0 Å². The second kappa shape index (κ2) is 3.01. The number of hydrogen-bond acceptors (Lipinski definition) is 3. The third-order valence-corrected chi connectivity index (χ3v) is 2.38. The zero-order valence-corrected chi connectivity index (χ0v) is 7.74. The monoisotopic (exact) mass is 180 g/mol. The van der Waals surface area contributed by atoms with Crippen molar-refractivity contribution in [1.82, 2.24) is 0 Å². The smallest absolute Gasteiger partial charge is 0.218 e. The molecule has 2 rings (SSSR count). The van der Waals surface area contributed by atoms with Gasteiger partial charge in [-0.05, 0) is 6.08 Å². The summed E-state index contributed by atoms with van der Waals surface area (Å²) < 4.78 is 15.9. The maximum absolute atomic E-state index is 5.34. The van der Waals surface area contributed by atoms with E-state index in [4.69, 9.17) is 14.2 Å². The van der Waals surface area contributed by atoms with Gasteiger partial charge in [0, 0.05) is 19.8 Å². The Morgan fingerprint density at radius 3 is 2.85 bits per heavy atom. The molecule has 0 amide bonds. The lowest BCUT2D eigenvalue weighted by Gasteiger charge is -2.30. The van der Waals surface area contributed by atoms with Crippen LogP contribution in [-0.4, -0.2) is 26.6 Å². The normalized spacial score (nSPS) is 23.2. The molecule has 0 fully saturated rings. The van der Waals surface area contributed by atoms with E-state index in [1.54, 1.807) is 20.5 Å². The number of rotatable bonds is 2. The summed E-state index contributed by atoms with van der Waals surface area (Å²) in [5, 5.41) is 0. The van der Waals surface area contributed by atoms with Crippen molar-refractivity contribution in [2.75, 3.05) is 20.8 Å². The molecule has 70 valence electrons. The Labute approximate surface area is 77.3 Å². The van der Waals surface area contributed by atoms with Crippen LogP contribution in [0.15, 0.2) is 35.6 Å². The minimum Gasteiger partial charge on any atom is -0.496 e. The topological polar surface area (TPSA) is 27.7 Å². The van der Waals surface area contributed by atoms with Crippen LogP contribution in [0, 0.1) is 0 Å². The number of methoxy groups -OCH3 is 2. The van der Waals surface area contributed by atoms with Crippen LogP contribution in [0.3, 0.4) is 0 Å². The average Bonchev–Trinajstić information content (AvgIpc) is 2.65. The van der Waals surface area contributed by atoms with Crippen molar-refractivity contribution in [3.8, 4) is 0 Å². The van der Waals surface area contributed by atoms with Gasteiger partial charge in [-0.15, -0.1) is 0 Å². The first-order valence-corrected chi connectivity index (χ1v) is 4.14. The molecule has 0 aromatic rings. The minimum atomic E-state index is -0.749. The van der Waals surface area contributed by atoms with Crippen LogP contribution >= 0.6 is 0 Å². The molecule has 0 saturated heterocycles. The number of ether oxygens (including phenoxy) is 3. The summed E-state index contributed by atoms with van der Waals surface area (Å²) in [4.78, 5) is 0. The van der Waals surface area contributed by atoms with Gasteiger partial charge in [-0.1, -0.05) is 12.2 Å². The van der Waals surface area contributed by atoms with E-state index in [1.165, 1.54) is 0 Å². The van der Waals surface area contributed by atoms with Gasteiger partial charge in [0.1, 0.15) is 6.61 Å². The van der Waals surface area contributed by atoms with Crippen LogP contribution < -0.4 is 0 Å². The largest absolute Gasteiger partial charge is 0.496 e. The lowest BCUT2D eigenvalue weighted by Crippen LogP contribution is -2.35. The van der Waals surface area contributed by atoms with Crippen molar-refractivity contribution >= 4 is 0 Å². The van der Waals surface area contributed by atoms with Crippen molar-refractivity contribution < 1.29 is 14.2 Å². The first kappa shape index (κ1) is 8.53. The lowest BCUT2D eigenvalue weighted by molar-refractivity contribution is -0.140.